The molecule has 0 unspecified atom stereocenters. The molecule has 88 valence electrons. The molecule has 4 nitrogen and oxygen atoms in total. The summed E-state index contributed by atoms with van der Waals surface area (Å²) in [6.45, 7) is 2.03. The van der Waals surface area contributed by atoms with Crippen LogP contribution in [-0.2, 0) is 0 Å². The van der Waals surface area contributed by atoms with Crippen molar-refractivity contribution in [2.24, 2.45) is 0 Å². The van der Waals surface area contributed by atoms with Crippen molar-refractivity contribution < 1.29 is 4.74 Å². The minimum absolute atomic E-state index is 0.599. The Balaban J connectivity index is 2.18. The molecule has 1 aromatic rings. The number of thioether (sulfide) groups is 1. The maximum atomic E-state index is 5.18. The molecule has 0 aromatic carbocycles. The molecule has 2 rings (SSSR count). The minimum Gasteiger partial charge on any atom is -0.480 e. The van der Waals surface area contributed by atoms with Crippen LogP contribution < -0.4 is 9.64 Å². The summed E-state index contributed by atoms with van der Waals surface area (Å²) >= 11 is 5.35. The Kier molecular flexibility index (Phi) is 4.29. The SMILES string of the molecule is COc1nc(N2CCCSCC2)ncc1Br. The van der Waals surface area contributed by atoms with E-state index in [1.54, 1.807) is 13.3 Å². The van der Waals surface area contributed by atoms with Crippen LogP contribution in [0.4, 0.5) is 5.95 Å². The van der Waals surface area contributed by atoms with E-state index < -0.39 is 0 Å². The van der Waals surface area contributed by atoms with E-state index in [1.807, 2.05) is 11.8 Å². The number of ether oxygens (including phenoxy) is 1. The maximum absolute atomic E-state index is 5.18. The number of nitrogens with zero attached hydrogens (tertiary/aromatic N) is 3. The van der Waals surface area contributed by atoms with E-state index in [0.717, 1.165) is 29.3 Å². The Morgan fingerprint density at radius 3 is 3.12 bits per heavy atom. The largest absolute Gasteiger partial charge is 0.480 e. The monoisotopic (exact) mass is 303 g/mol. The molecule has 1 fully saturated rings. The summed E-state index contributed by atoms with van der Waals surface area (Å²) in [5.41, 5.74) is 0. The first-order valence-corrected chi connectivity index (χ1v) is 7.15. The molecule has 1 aromatic heterocycles. The Morgan fingerprint density at radius 1 is 1.44 bits per heavy atom. The van der Waals surface area contributed by atoms with Crippen LogP contribution in [0.25, 0.3) is 0 Å². The first kappa shape index (κ1) is 12.0. The van der Waals surface area contributed by atoms with E-state index >= 15 is 0 Å². The zero-order valence-electron chi connectivity index (χ0n) is 9.15. The van der Waals surface area contributed by atoms with Gasteiger partial charge in [-0.05, 0) is 28.1 Å². The fourth-order valence-corrected chi connectivity index (χ4v) is 2.82. The minimum atomic E-state index is 0.599. The topological polar surface area (TPSA) is 38.2 Å². The van der Waals surface area contributed by atoms with Gasteiger partial charge in [0, 0.05) is 18.8 Å². The Labute approximate surface area is 108 Å². The molecule has 0 aliphatic carbocycles. The van der Waals surface area contributed by atoms with Crippen molar-refractivity contribution in [3.63, 3.8) is 0 Å². The number of anilines is 1. The predicted octanol–water partition coefficient (Wildman–Crippen LogP) is 2.19. The van der Waals surface area contributed by atoms with Crippen LogP contribution in [0.3, 0.4) is 0 Å². The van der Waals surface area contributed by atoms with Crippen LogP contribution in [-0.4, -0.2) is 41.7 Å². The molecule has 0 bridgehead atoms. The quantitative estimate of drug-likeness (QED) is 0.837. The highest BCUT2D eigenvalue weighted by Crippen LogP contribution is 2.24. The summed E-state index contributed by atoms with van der Waals surface area (Å²) in [7, 11) is 1.62. The van der Waals surface area contributed by atoms with Crippen LogP contribution in [0.15, 0.2) is 10.7 Å². The molecule has 6 heteroatoms. The van der Waals surface area contributed by atoms with Crippen LogP contribution in [0.5, 0.6) is 5.88 Å². The van der Waals surface area contributed by atoms with Crippen molar-refractivity contribution in [1.29, 1.82) is 0 Å². The lowest BCUT2D eigenvalue weighted by Crippen LogP contribution is -2.27. The highest BCUT2D eigenvalue weighted by molar-refractivity contribution is 9.10. The lowest BCUT2D eigenvalue weighted by Gasteiger charge is -2.20. The highest BCUT2D eigenvalue weighted by Gasteiger charge is 2.14. The summed E-state index contributed by atoms with van der Waals surface area (Å²) in [4.78, 5) is 10.9. The Bertz CT molecular complexity index is 356. The van der Waals surface area contributed by atoms with Crippen molar-refractivity contribution in [3.8, 4) is 5.88 Å². The van der Waals surface area contributed by atoms with E-state index in [1.165, 1.54) is 12.2 Å². The number of rotatable bonds is 2. The highest BCUT2D eigenvalue weighted by atomic mass is 79.9. The second-order valence-electron chi connectivity index (χ2n) is 3.48. The lowest BCUT2D eigenvalue weighted by molar-refractivity contribution is 0.393. The van der Waals surface area contributed by atoms with Crippen LogP contribution in [0.1, 0.15) is 6.42 Å². The van der Waals surface area contributed by atoms with Gasteiger partial charge in [-0.25, -0.2) is 4.98 Å². The molecule has 1 aliphatic heterocycles. The summed E-state index contributed by atoms with van der Waals surface area (Å²) in [5, 5.41) is 0. The molecular weight excluding hydrogens is 290 g/mol. The second kappa shape index (κ2) is 5.72. The lowest BCUT2D eigenvalue weighted by atomic mass is 10.4. The van der Waals surface area contributed by atoms with E-state index in [0.29, 0.717) is 5.88 Å². The normalized spacial score (nSPS) is 17.0. The van der Waals surface area contributed by atoms with Gasteiger partial charge in [0.2, 0.25) is 11.8 Å². The number of halogens is 1. The van der Waals surface area contributed by atoms with Crippen molar-refractivity contribution in [2.75, 3.05) is 36.6 Å². The number of aromatic nitrogens is 2. The molecule has 1 saturated heterocycles. The number of hydrogen-bond acceptors (Lipinski definition) is 5. The molecule has 0 amide bonds. The Hall–Kier alpha value is -0.490. The van der Waals surface area contributed by atoms with Gasteiger partial charge in [-0.1, -0.05) is 0 Å². The summed E-state index contributed by atoms with van der Waals surface area (Å²) in [6, 6.07) is 0. The van der Waals surface area contributed by atoms with Gasteiger partial charge < -0.3 is 9.64 Å². The summed E-state index contributed by atoms with van der Waals surface area (Å²) in [6.07, 6.45) is 2.94. The molecule has 0 N–H and O–H groups in total. The first-order chi connectivity index (χ1) is 7.81. The maximum Gasteiger partial charge on any atom is 0.232 e. The van der Waals surface area contributed by atoms with Crippen molar-refractivity contribution in [1.82, 2.24) is 9.97 Å². The van der Waals surface area contributed by atoms with Crippen molar-refractivity contribution in [2.45, 2.75) is 6.42 Å². The summed E-state index contributed by atoms with van der Waals surface area (Å²) < 4.78 is 5.97. The zero-order valence-corrected chi connectivity index (χ0v) is 11.6. The molecule has 0 radical (unpaired) electrons. The van der Waals surface area contributed by atoms with E-state index in [4.69, 9.17) is 4.74 Å². The van der Waals surface area contributed by atoms with Gasteiger partial charge in [-0.15, -0.1) is 0 Å². The number of methoxy groups -OCH3 is 1. The van der Waals surface area contributed by atoms with E-state index in [-0.39, 0.29) is 0 Å². The molecule has 2 heterocycles. The zero-order chi connectivity index (χ0) is 11.4. The average Bonchev–Trinajstić information content (AvgIpc) is 2.58. The molecular formula is C10H14BrN3OS. The van der Waals surface area contributed by atoms with Gasteiger partial charge in [-0.3, -0.25) is 0 Å². The standard InChI is InChI=1S/C10H14BrN3OS/c1-15-9-8(11)7-12-10(13-9)14-3-2-5-16-6-4-14/h7H,2-6H2,1H3. The third kappa shape index (κ3) is 2.79. The molecule has 16 heavy (non-hydrogen) atoms. The third-order valence-corrected chi connectivity index (χ3v) is 3.99. The van der Waals surface area contributed by atoms with Crippen molar-refractivity contribution >= 4 is 33.6 Å². The molecule has 0 saturated carbocycles. The van der Waals surface area contributed by atoms with E-state index in [9.17, 15) is 0 Å². The van der Waals surface area contributed by atoms with Gasteiger partial charge >= 0.3 is 0 Å². The molecule has 0 atom stereocenters. The van der Waals surface area contributed by atoms with Gasteiger partial charge in [0.15, 0.2) is 0 Å². The van der Waals surface area contributed by atoms with E-state index in [2.05, 4.69) is 30.8 Å². The fraction of sp³-hybridized carbons (Fsp3) is 0.600. The first-order valence-electron chi connectivity index (χ1n) is 5.20. The summed E-state index contributed by atoms with van der Waals surface area (Å²) in [5.74, 6) is 3.73. The van der Waals surface area contributed by atoms with Gasteiger partial charge in [0.1, 0.15) is 0 Å². The van der Waals surface area contributed by atoms with Gasteiger partial charge in [0.05, 0.1) is 17.8 Å². The van der Waals surface area contributed by atoms with Crippen LogP contribution in [0.2, 0.25) is 0 Å². The predicted molar refractivity (Wildman–Crippen MR) is 70.4 cm³/mol. The number of hydrogen-bond donors (Lipinski definition) is 0. The van der Waals surface area contributed by atoms with Crippen LogP contribution in [0, 0.1) is 0 Å². The molecule has 0 spiro atoms. The average molecular weight is 304 g/mol. The Morgan fingerprint density at radius 2 is 2.31 bits per heavy atom. The molecule has 1 aliphatic rings. The fourth-order valence-electron chi connectivity index (χ4n) is 1.58. The second-order valence-corrected chi connectivity index (χ2v) is 5.56. The third-order valence-electron chi connectivity index (χ3n) is 2.40. The van der Waals surface area contributed by atoms with Crippen LogP contribution >= 0.6 is 27.7 Å². The van der Waals surface area contributed by atoms with Gasteiger partial charge in [-0.2, -0.15) is 16.7 Å². The van der Waals surface area contributed by atoms with Gasteiger partial charge in [0.25, 0.3) is 0 Å². The smallest absolute Gasteiger partial charge is 0.232 e. The van der Waals surface area contributed by atoms with Crippen molar-refractivity contribution in [3.05, 3.63) is 10.7 Å².